The first-order chi connectivity index (χ1) is 15.4. The van der Waals surface area contributed by atoms with Gasteiger partial charge in [0.1, 0.15) is 11.6 Å². The largest absolute Gasteiger partial charge is 0.458 e. The third kappa shape index (κ3) is 16.5. The fourth-order valence-electron chi connectivity index (χ4n) is 4.38. The van der Waals surface area contributed by atoms with Gasteiger partial charge < -0.3 is 16.2 Å². The molecule has 1 atom stereocenters. The zero-order chi connectivity index (χ0) is 24.1. The molecule has 0 aliphatic carbocycles. The van der Waals surface area contributed by atoms with Crippen molar-refractivity contribution >= 4 is 11.9 Å². The summed E-state index contributed by atoms with van der Waals surface area (Å²) in [4.78, 5) is 24.0. The van der Waals surface area contributed by atoms with Crippen LogP contribution in [0.4, 0.5) is 0 Å². The first-order valence-corrected chi connectivity index (χ1v) is 13.7. The Bertz CT molecular complexity index is 456. The number of primary amides is 1. The molecule has 32 heavy (non-hydrogen) atoms. The Morgan fingerprint density at radius 3 is 1.47 bits per heavy atom. The molecule has 0 spiro atoms. The Kier molecular flexibility index (Phi) is 19.8. The normalized spacial score (nSPS) is 12.6. The molecule has 0 bridgehead atoms. The Morgan fingerprint density at radius 1 is 0.688 bits per heavy atom. The highest BCUT2D eigenvalue weighted by molar-refractivity contribution is 5.78. The smallest absolute Gasteiger partial charge is 0.323 e. The van der Waals surface area contributed by atoms with Crippen LogP contribution in [-0.4, -0.2) is 23.5 Å². The van der Waals surface area contributed by atoms with Crippen molar-refractivity contribution in [2.24, 2.45) is 11.5 Å². The predicted octanol–water partition coefficient (Wildman–Crippen LogP) is 6.94. The molecule has 0 rings (SSSR count). The summed E-state index contributed by atoms with van der Waals surface area (Å²) >= 11 is 0. The van der Waals surface area contributed by atoms with Gasteiger partial charge in [0.05, 0.1) is 0 Å². The van der Waals surface area contributed by atoms with Crippen LogP contribution in [0.1, 0.15) is 149 Å². The summed E-state index contributed by atoms with van der Waals surface area (Å²) in [6.07, 6.45) is 21.2. The second-order valence-corrected chi connectivity index (χ2v) is 9.71. The second-order valence-electron chi connectivity index (χ2n) is 9.71. The molecule has 0 aromatic carbocycles. The van der Waals surface area contributed by atoms with Gasteiger partial charge in [-0.1, -0.05) is 97.8 Å². The molecular weight excluding hydrogens is 400 g/mol. The molecule has 5 heteroatoms. The summed E-state index contributed by atoms with van der Waals surface area (Å²) < 4.78 is 6.22. The lowest BCUT2D eigenvalue weighted by molar-refractivity contribution is -0.165. The molecular formula is C27H54N2O3. The van der Waals surface area contributed by atoms with Gasteiger partial charge in [-0.05, 0) is 44.9 Å². The number of unbranched alkanes of at least 4 members (excludes halogenated alkanes) is 12. The fourth-order valence-corrected chi connectivity index (χ4v) is 4.38. The number of ether oxygens (including phenoxy) is 1. The molecule has 0 saturated carbocycles. The van der Waals surface area contributed by atoms with E-state index in [0.29, 0.717) is 0 Å². The van der Waals surface area contributed by atoms with E-state index in [4.69, 9.17) is 16.2 Å². The van der Waals surface area contributed by atoms with Crippen LogP contribution in [0.5, 0.6) is 0 Å². The Morgan fingerprint density at radius 2 is 1.06 bits per heavy atom. The van der Waals surface area contributed by atoms with E-state index >= 15 is 0 Å². The fraction of sp³-hybridized carbons (Fsp3) is 0.926. The maximum Gasteiger partial charge on any atom is 0.323 e. The van der Waals surface area contributed by atoms with Crippen molar-refractivity contribution in [3.05, 3.63) is 0 Å². The topological polar surface area (TPSA) is 95.4 Å². The highest BCUT2D eigenvalue weighted by atomic mass is 16.6. The minimum atomic E-state index is -0.776. The third-order valence-corrected chi connectivity index (χ3v) is 6.53. The van der Waals surface area contributed by atoms with Crippen LogP contribution in [0.2, 0.25) is 0 Å². The lowest BCUT2D eigenvalue weighted by Gasteiger charge is -2.35. The number of nitrogens with two attached hydrogens (primary N) is 2. The Labute approximate surface area is 198 Å². The molecule has 0 aromatic heterocycles. The summed E-state index contributed by atoms with van der Waals surface area (Å²) in [5.74, 6) is -0.790. The van der Waals surface area contributed by atoms with Gasteiger partial charge in [-0.15, -0.1) is 0 Å². The molecule has 5 nitrogen and oxygen atoms in total. The van der Waals surface area contributed by atoms with Gasteiger partial charge in [-0.3, -0.25) is 9.59 Å². The van der Waals surface area contributed by atoms with Crippen molar-refractivity contribution in [2.75, 3.05) is 0 Å². The lowest BCUT2D eigenvalue weighted by atomic mass is 9.84. The maximum atomic E-state index is 12.9. The van der Waals surface area contributed by atoms with Crippen molar-refractivity contribution in [3.8, 4) is 0 Å². The first kappa shape index (κ1) is 30.9. The van der Waals surface area contributed by atoms with Gasteiger partial charge in [-0.25, -0.2) is 0 Å². The molecule has 0 aliphatic heterocycles. The van der Waals surface area contributed by atoms with E-state index < -0.39 is 17.6 Å². The molecule has 0 saturated heterocycles. The first-order valence-electron chi connectivity index (χ1n) is 13.7. The van der Waals surface area contributed by atoms with Crippen molar-refractivity contribution in [1.82, 2.24) is 0 Å². The molecule has 0 unspecified atom stereocenters. The third-order valence-electron chi connectivity index (χ3n) is 6.53. The number of hydrogen-bond donors (Lipinski definition) is 2. The predicted molar refractivity (Wildman–Crippen MR) is 135 cm³/mol. The number of carbonyl (C=O) groups is 2. The summed E-state index contributed by atoms with van der Waals surface area (Å²) in [5.41, 5.74) is 10.9. The van der Waals surface area contributed by atoms with Crippen molar-refractivity contribution in [2.45, 2.75) is 161 Å². The maximum absolute atomic E-state index is 12.9. The van der Waals surface area contributed by atoms with Crippen LogP contribution in [-0.2, 0) is 14.3 Å². The molecule has 190 valence electrons. The quantitative estimate of drug-likeness (QED) is 0.129. The molecule has 0 aromatic rings. The van der Waals surface area contributed by atoms with Gasteiger partial charge in [-0.2, -0.15) is 0 Å². The van der Waals surface area contributed by atoms with Gasteiger partial charge >= 0.3 is 5.97 Å². The van der Waals surface area contributed by atoms with E-state index in [1.165, 1.54) is 77.0 Å². The molecule has 0 radical (unpaired) electrons. The van der Waals surface area contributed by atoms with Crippen molar-refractivity contribution in [3.63, 3.8) is 0 Å². The Hall–Kier alpha value is -1.10. The highest BCUT2D eigenvalue weighted by Crippen LogP contribution is 2.33. The lowest BCUT2D eigenvalue weighted by Crippen LogP contribution is -2.42. The molecule has 4 N–H and O–H groups in total. The van der Waals surface area contributed by atoms with Gasteiger partial charge in [0.15, 0.2) is 0 Å². The molecule has 0 aliphatic rings. The standard InChI is InChI=1S/C27H54N2O3/c1-4-7-10-13-14-15-18-23-27(21-16-11-8-5-2,22-17-12-9-6-3)32-26(31)24(28)19-20-25(29)30/h24H,4-23,28H2,1-3H3,(H2,29,30)/t24-/m0/s1. The number of hydrogen-bond acceptors (Lipinski definition) is 4. The van der Waals surface area contributed by atoms with Crippen LogP contribution in [0.25, 0.3) is 0 Å². The minimum absolute atomic E-state index is 0.119. The van der Waals surface area contributed by atoms with Gasteiger partial charge in [0, 0.05) is 6.42 Å². The molecule has 0 fully saturated rings. The summed E-state index contributed by atoms with van der Waals surface area (Å²) in [6, 6.07) is -0.776. The number of amides is 1. The minimum Gasteiger partial charge on any atom is -0.458 e. The van der Waals surface area contributed by atoms with Crippen LogP contribution in [0.3, 0.4) is 0 Å². The average molecular weight is 455 g/mol. The van der Waals surface area contributed by atoms with Crippen LogP contribution in [0.15, 0.2) is 0 Å². The van der Waals surface area contributed by atoms with E-state index in [-0.39, 0.29) is 18.8 Å². The van der Waals surface area contributed by atoms with E-state index in [9.17, 15) is 9.59 Å². The molecule has 1 amide bonds. The molecule has 0 heterocycles. The summed E-state index contributed by atoms with van der Waals surface area (Å²) in [6.45, 7) is 6.68. The van der Waals surface area contributed by atoms with E-state index in [0.717, 1.165) is 38.5 Å². The van der Waals surface area contributed by atoms with Crippen molar-refractivity contribution < 1.29 is 14.3 Å². The van der Waals surface area contributed by atoms with Crippen LogP contribution in [0, 0.1) is 0 Å². The van der Waals surface area contributed by atoms with Gasteiger partial charge in [0.25, 0.3) is 0 Å². The zero-order valence-electron chi connectivity index (χ0n) is 21.6. The Balaban J connectivity index is 5.08. The monoisotopic (exact) mass is 454 g/mol. The van der Waals surface area contributed by atoms with Gasteiger partial charge in [0.2, 0.25) is 5.91 Å². The SMILES string of the molecule is CCCCCCCCCC(CCCCCC)(CCCCCC)OC(=O)[C@@H](N)CCC(N)=O. The zero-order valence-corrected chi connectivity index (χ0v) is 21.6. The summed E-state index contributed by atoms with van der Waals surface area (Å²) in [5, 5.41) is 0. The number of esters is 1. The van der Waals surface area contributed by atoms with Crippen LogP contribution < -0.4 is 11.5 Å². The average Bonchev–Trinajstić information content (AvgIpc) is 2.77. The highest BCUT2D eigenvalue weighted by Gasteiger charge is 2.34. The second kappa shape index (κ2) is 20.5. The van der Waals surface area contributed by atoms with E-state index in [2.05, 4.69) is 20.8 Å². The van der Waals surface area contributed by atoms with Crippen molar-refractivity contribution in [1.29, 1.82) is 0 Å². The van der Waals surface area contributed by atoms with Crippen LogP contribution >= 0.6 is 0 Å². The number of carbonyl (C=O) groups excluding carboxylic acids is 2. The van der Waals surface area contributed by atoms with E-state index in [1.807, 2.05) is 0 Å². The van der Waals surface area contributed by atoms with E-state index in [1.54, 1.807) is 0 Å². The summed E-state index contributed by atoms with van der Waals surface area (Å²) in [7, 11) is 0. The number of rotatable bonds is 23.